The van der Waals surface area contributed by atoms with Crippen LogP contribution in [0.1, 0.15) is 44.2 Å². The number of carbonyl (C=O) groups excluding carboxylic acids is 1. The third-order valence-corrected chi connectivity index (χ3v) is 5.66. The number of thioether (sulfide) groups is 1. The molecule has 1 saturated carbocycles. The summed E-state index contributed by atoms with van der Waals surface area (Å²) in [5.74, 6) is 2.52. The summed E-state index contributed by atoms with van der Waals surface area (Å²) in [6, 6.07) is 10.1. The maximum absolute atomic E-state index is 12.1. The second kappa shape index (κ2) is 8.24. The fraction of sp³-hybridized carbons (Fsp3) is 0.556. The van der Waals surface area contributed by atoms with Crippen molar-refractivity contribution < 1.29 is 4.79 Å². The first-order valence-electron chi connectivity index (χ1n) is 7.97. The van der Waals surface area contributed by atoms with Crippen LogP contribution in [-0.4, -0.2) is 17.7 Å². The van der Waals surface area contributed by atoms with Gasteiger partial charge in [-0.2, -0.15) is 5.26 Å². The highest BCUT2D eigenvalue weighted by Crippen LogP contribution is 2.29. The topological polar surface area (TPSA) is 52.9 Å². The minimum absolute atomic E-state index is 0.116. The third-order valence-electron chi connectivity index (χ3n) is 4.68. The summed E-state index contributed by atoms with van der Waals surface area (Å²) in [6.07, 6.45) is 3.57. The second-order valence-electron chi connectivity index (χ2n) is 6.20. The molecule has 0 bridgehead atoms. The minimum Gasteiger partial charge on any atom is -0.352 e. The molecular formula is C18H24N2OS. The molecule has 3 nitrogen and oxygen atoms in total. The van der Waals surface area contributed by atoms with E-state index in [1.165, 1.54) is 12.8 Å². The Kier molecular flexibility index (Phi) is 6.33. The van der Waals surface area contributed by atoms with E-state index in [-0.39, 0.29) is 5.91 Å². The quantitative estimate of drug-likeness (QED) is 0.900. The van der Waals surface area contributed by atoms with Crippen LogP contribution in [0.25, 0.3) is 0 Å². The van der Waals surface area contributed by atoms with Crippen LogP contribution >= 0.6 is 11.8 Å². The Bertz CT molecular complexity index is 552. The Hall–Kier alpha value is -1.47. The van der Waals surface area contributed by atoms with Gasteiger partial charge in [0.2, 0.25) is 5.91 Å². The molecule has 0 radical (unpaired) electrons. The highest BCUT2D eigenvalue weighted by Gasteiger charge is 2.27. The number of benzene rings is 1. The summed E-state index contributed by atoms with van der Waals surface area (Å²) in [5, 5.41) is 12.2. The number of rotatable bonds is 5. The van der Waals surface area contributed by atoms with Crippen LogP contribution in [0.2, 0.25) is 0 Å². The minimum atomic E-state index is 0.116. The van der Waals surface area contributed by atoms with Gasteiger partial charge in [-0.15, -0.1) is 11.8 Å². The lowest BCUT2D eigenvalue weighted by molar-refractivity contribution is -0.119. The molecule has 0 aromatic heterocycles. The number of nitrogens with zero attached hydrogens (tertiary/aromatic N) is 1. The summed E-state index contributed by atoms with van der Waals surface area (Å²) < 4.78 is 0. The number of nitrogens with one attached hydrogen (secondary N) is 1. The highest BCUT2D eigenvalue weighted by atomic mass is 32.2. The average Bonchev–Trinajstić information content (AvgIpc) is 2.52. The molecule has 0 unspecified atom stereocenters. The van der Waals surface area contributed by atoms with Gasteiger partial charge >= 0.3 is 0 Å². The molecule has 1 aliphatic carbocycles. The fourth-order valence-electron chi connectivity index (χ4n) is 3.04. The first kappa shape index (κ1) is 16.9. The molecule has 0 spiro atoms. The summed E-state index contributed by atoms with van der Waals surface area (Å²) in [6.45, 7) is 4.52. The zero-order valence-electron chi connectivity index (χ0n) is 13.3. The van der Waals surface area contributed by atoms with Crippen molar-refractivity contribution in [3.63, 3.8) is 0 Å². The molecule has 1 aliphatic rings. The van der Waals surface area contributed by atoms with E-state index < -0.39 is 0 Å². The van der Waals surface area contributed by atoms with Gasteiger partial charge in [0.25, 0.3) is 0 Å². The molecule has 0 aliphatic heterocycles. The second-order valence-corrected chi connectivity index (χ2v) is 7.19. The van der Waals surface area contributed by atoms with Crippen LogP contribution in [0.4, 0.5) is 0 Å². The fourth-order valence-corrected chi connectivity index (χ4v) is 3.89. The summed E-state index contributed by atoms with van der Waals surface area (Å²) in [4.78, 5) is 12.1. The van der Waals surface area contributed by atoms with Gasteiger partial charge in [-0.3, -0.25) is 4.79 Å². The number of carbonyl (C=O) groups is 1. The molecule has 1 fully saturated rings. The lowest BCUT2D eigenvalue weighted by Gasteiger charge is -2.34. The molecule has 0 saturated heterocycles. The van der Waals surface area contributed by atoms with Gasteiger partial charge in [0.05, 0.1) is 17.4 Å². The van der Waals surface area contributed by atoms with Crippen molar-refractivity contribution >= 4 is 17.7 Å². The van der Waals surface area contributed by atoms with E-state index in [1.54, 1.807) is 11.8 Å². The van der Waals surface area contributed by atoms with E-state index in [0.717, 1.165) is 12.0 Å². The Morgan fingerprint density at radius 3 is 2.91 bits per heavy atom. The summed E-state index contributed by atoms with van der Waals surface area (Å²) in [5.41, 5.74) is 1.70. The molecule has 1 aromatic carbocycles. The Balaban J connectivity index is 1.77. The molecule has 1 N–H and O–H groups in total. The van der Waals surface area contributed by atoms with Crippen LogP contribution in [0.3, 0.4) is 0 Å². The molecule has 1 aromatic rings. The number of nitriles is 1. The van der Waals surface area contributed by atoms with Gasteiger partial charge < -0.3 is 5.32 Å². The first-order valence-corrected chi connectivity index (χ1v) is 9.12. The van der Waals surface area contributed by atoms with Crippen molar-refractivity contribution in [3.05, 3.63) is 35.4 Å². The van der Waals surface area contributed by atoms with Crippen molar-refractivity contribution in [2.45, 2.75) is 44.9 Å². The van der Waals surface area contributed by atoms with Crippen molar-refractivity contribution in [2.24, 2.45) is 11.8 Å². The van der Waals surface area contributed by atoms with Crippen LogP contribution in [0.5, 0.6) is 0 Å². The van der Waals surface area contributed by atoms with Gasteiger partial charge in [-0.05, 0) is 29.9 Å². The molecule has 2 rings (SSSR count). The van der Waals surface area contributed by atoms with E-state index in [9.17, 15) is 4.79 Å². The van der Waals surface area contributed by atoms with E-state index in [1.807, 2.05) is 24.3 Å². The highest BCUT2D eigenvalue weighted by molar-refractivity contribution is 7.99. The van der Waals surface area contributed by atoms with Crippen LogP contribution < -0.4 is 5.32 Å². The van der Waals surface area contributed by atoms with Crippen LogP contribution in [-0.2, 0) is 10.5 Å². The largest absolute Gasteiger partial charge is 0.352 e. The predicted molar refractivity (Wildman–Crippen MR) is 91.4 cm³/mol. The Labute approximate surface area is 137 Å². The Morgan fingerprint density at radius 2 is 2.14 bits per heavy atom. The molecule has 3 atom stereocenters. The van der Waals surface area contributed by atoms with Crippen LogP contribution in [0.15, 0.2) is 24.3 Å². The van der Waals surface area contributed by atoms with E-state index in [0.29, 0.717) is 34.9 Å². The third kappa shape index (κ3) is 4.51. The molecule has 1 amide bonds. The van der Waals surface area contributed by atoms with Crippen LogP contribution in [0, 0.1) is 23.2 Å². The van der Waals surface area contributed by atoms with Gasteiger partial charge in [-0.25, -0.2) is 0 Å². The van der Waals surface area contributed by atoms with E-state index in [4.69, 9.17) is 5.26 Å². The average molecular weight is 316 g/mol. The summed E-state index contributed by atoms with van der Waals surface area (Å²) in [7, 11) is 0. The standard InChI is InChI=1S/C18H24N2OS/c1-13-6-5-9-17(14(13)2)20-18(21)12-22-11-16-8-4-3-7-15(16)10-19/h3-4,7-8,13-14,17H,5-6,9,11-12H2,1-2H3,(H,20,21)/t13-,14-,17-/m1/s1. The number of amides is 1. The molecule has 22 heavy (non-hydrogen) atoms. The van der Waals surface area contributed by atoms with Gasteiger partial charge in [0.15, 0.2) is 0 Å². The monoisotopic (exact) mass is 316 g/mol. The maximum Gasteiger partial charge on any atom is 0.230 e. The molecule has 4 heteroatoms. The zero-order chi connectivity index (χ0) is 15.9. The lowest BCUT2D eigenvalue weighted by atomic mass is 9.78. The van der Waals surface area contributed by atoms with Crippen molar-refractivity contribution in [1.29, 1.82) is 5.26 Å². The normalized spacial score (nSPS) is 24.5. The van der Waals surface area contributed by atoms with Gasteiger partial charge in [0.1, 0.15) is 0 Å². The number of hydrogen-bond donors (Lipinski definition) is 1. The predicted octanol–water partition coefficient (Wildman–Crippen LogP) is 3.73. The molecular weight excluding hydrogens is 292 g/mol. The molecule has 0 heterocycles. The number of hydrogen-bond acceptors (Lipinski definition) is 3. The summed E-state index contributed by atoms with van der Waals surface area (Å²) >= 11 is 1.57. The molecule has 118 valence electrons. The first-order chi connectivity index (χ1) is 10.6. The van der Waals surface area contributed by atoms with Gasteiger partial charge in [0, 0.05) is 11.8 Å². The smallest absolute Gasteiger partial charge is 0.230 e. The zero-order valence-corrected chi connectivity index (χ0v) is 14.2. The van der Waals surface area contributed by atoms with E-state index in [2.05, 4.69) is 25.2 Å². The Morgan fingerprint density at radius 1 is 1.36 bits per heavy atom. The maximum atomic E-state index is 12.1. The van der Waals surface area contributed by atoms with Gasteiger partial charge in [-0.1, -0.05) is 44.9 Å². The van der Waals surface area contributed by atoms with Crippen molar-refractivity contribution in [3.8, 4) is 6.07 Å². The SMILES string of the molecule is C[C@@H]1[C@H](C)CCC[C@H]1NC(=O)CSCc1ccccc1C#N. The lowest BCUT2D eigenvalue weighted by Crippen LogP contribution is -2.44. The van der Waals surface area contributed by atoms with Crippen molar-refractivity contribution in [1.82, 2.24) is 5.32 Å². The van der Waals surface area contributed by atoms with Crippen molar-refractivity contribution in [2.75, 3.05) is 5.75 Å². The van der Waals surface area contributed by atoms with E-state index >= 15 is 0 Å².